The Morgan fingerprint density at radius 2 is 1.84 bits per heavy atom. The zero-order valence-electron chi connectivity index (χ0n) is 21.2. The Labute approximate surface area is 237 Å². The van der Waals surface area contributed by atoms with Gasteiger partial charge in [0.25, 0.3) is 11.8 Å². The summed E-state index contributed by atoms with van der Waals surface area (Å²) < 4.78 is 12.0. The van der Waals surface area contributed by atoms with Gasteiger partial charge in [0, 0.05) is 5.69 Å². The quantitative estimate of drug-likeness (QED) is 0.222. The fourth-order valence-corrected chi connectivity index (χ4v) is 5.58. The molecule has 0 spiro atoms. The molecule has 3 aromatic carbocycles. The molecule has 1 N–H and O–H groups in total. The van der Waals surface area contributed by atoms with Crippen molar-refractivity contribution in [3.63, 3.8) is 0 Å². The van der Waals surface area contributed by atoms with Crippen LogP contribution in [0.15, 0.2) is 71.6 Å². The van der Waals surface area contributed by atoms with Gasteiger partial charge in [-0.3, -0.25) is 14.5 Å². The molecule has 2 amide bonds. The largest absolute Gasteiger partial charge is 0.490 e. The van der Waals surface area contributed by atoms with Crippen LogP contribution in [0.2, 0.25) is 5.02 Å². The van der Waals surface area contributed by atoms with E-state index in [0.717, 1.165) is 11.1 Å². The van der Waals surface area contributed by atoms with Gasteiger partial charge in [0.2, 0.25) is 0 Å². The molecule has 0 radical (unpaired) electrons. The van der Waals surface area contributed by atoms with E-state index in [4.69, 9.17) is 33.3 Å². The maximum absolute atomic E-state index is 13.3. The van der Waals surface area contributed by atoms with E-state index < -0.39 is 0 Å². The second-order valence-electron chi connectivity index (χ2n) is 8.60. The Morgan fingerprint density at radius 1 is 1.13 bits per heavy atom. The van der Waals surface area contributed by atoms with Crippen LogP contribution in [-0.4, -0.2) is 34.2 Å². The number of nitrogens with one attached hydrogen (secondary N) is 1. The summed E-state index contributed by atoms with van der Waals surface area (Å²) in [6, 6.07) is 20.4. The normalized spacial score (nSPS) is 15.1. The zero-order valence-corrected chi connectivity index (χ0v) is 23.6. The molecule has 1 fully saturated rings. The molecule has 0 aliphatic carbocycles. The minimum atomic E-state index is -0.326. The molecule has 6 nitrogen and oxygen atoms in total. The summed E-state index contributed by atoms with van der Waals surface area (Å²) in [4.78, 5) is 27.8. The van der Waals surface area contributed by atoms with Crippen molar-refractivity contribution in [2.45, 2.75) is 26.8 Å². The van der Waals surface area contributed by atoms with E-state index in [1.54, 1.807) is 23.1 Å². The topological polar surface area (TPSA) is 67.9 Å². The highest BCUT2D eigenvalue weighted by atomic mass is 35.5. The van der Waals surface area contributed by atoms with E-state index in [9.17, 15) is 9.59 Å². The predicted octanol–water partition coefficient (Wildman–Crippen LogP) is 7.03. The number of carbonyl (C=O) groups is 2. The van der Waals surface area contributed by atoms with Crippen LogP contribution in [0.4, 0.5) is 5.69 Å². The molecule has 0 unspecified atom stereocenters. The molecule has 1 saturated heterocycles. The number of carbonyl (C=O) groups excluding carboxylic acids is 2. The number of anilines is 1. The van der Waals surface area contributed by atoms with E-state index in [2.05, 4.69) is 5.32 Å². The first-order chi connectivity index (χ1) is 18.3. The van der Waals surface area contributed by atoms with Crippen LogP contribution in [0.1, 0.15) is 36.6 Å². The number of hydrogen-bond acceptors (Lipinski definition) is 6. The van der Waals surface area contributed by atoms with Crippen LogP contribution < -0.4 is 14.8 Å². The number of nitrogens with zero attached hydrogens (tertiary/aromatic N) is 1. The lowest BCUT2D eigenvalue weighted by Crippen LogP contribution is -2.30. The Morgan fingerprint density at radius 3 is 2.53 bits per heavy atom. The predicted molar refractivity (Wildman–Crippen MR) is 158 cm³/mol. The van der Waals surface area contributed by atoms with Crippen molar-refractivity contribution in [2.75, 3.05) is 18.5 Å². The maximum atomic E-state index is 13.3. The lowest BCUT2D eigenvalue weighted by molar-refractivity contribution is -0.123. The molecule has 0 bridgehead atoms. The minimum Gasteiger partial charge on any atom is -0.490 e. The molecular formula is C29H27ClN2O4S2. The average Bonchev–Trinajstić information content (AvgIpc) is 3.17. The average molecular weight is 567 g/mol. The smallest absolute Gasteiger partial charge is 0.266 e. The van der Waals surface area contributed by atoms with Crippen LogP contribution >= 0.6 is 35.6 Å². The fraction of sp³-hybridized carbons (Fsp3) is 0.207. The Kier molecular flexibility index (Phi) is 9.09. The lowest BCUT2D eigenvalue weighted by atomic mass is 10.1. The van der Waals surface area contributed by atoms with Crippen LogP contribution in [0.25, 0.3) is 6.08 Å². The van der Waals surface area contributed by atoms with Crippen LogP contribution in [0.3, 0.4) is 0 Å². The molecular weight excluding hydrogens is 540 g/mol. The standard InChI is InChI=1S/C29H27ClN2O4S2/c1-4-35-24-15-20(14-23(30)27(24)36-17-26(33)31-22-12-10-18(2)11-13-22)16-25-28(34)32(29(37)38-25)19(3)21-8-6-5-7-9-21/h5-16,19H,4,17H2,1-3H3,(H,31,33)/b25-16-/t19-/m0/s1. The first-order valence-corrected chi connectivity index (χ1v) is 13.6. The van der Waals surface area contributed by atoms with Gasteiger partial charge in [-0.1, -0.05) is 83.6 Å². The van der Waals surface area contributed by atoms with Crippen molar-refractivity contribution in [3.8, 4) is 11.5 Å². The summed E-state index contributed by atoms with van der Waals surface area (Å²) >= 11 is 13.3. The van der Waals surface area contributed by atoms with Gasteiger partial charge in [-0.15, -0.1) is 0 Å². The number of thioether (sulfide) groups is 1. The van der Waals surface area contributed by atoms with E-state index in [0.29, 0.717) is 32.8 Å². The number of benzene rings is 3. The molecule has 9 heteroatoms. The molecule has 4 rings (SSSR count). The summed E-state index contributed by atoms with van der Waals surface area (Å²) in [5.41, 5.74) is 3.43. The molecule has 3 aromatic rings. The van der Waals surface area contributed by atoms with E-state index in [1.165, 1.54) is 11.8 Å². The molecule has 0 aromatic heterocycles. The molecule has 1 aliphatic heterocycles. The van der Waals surface area contributed by atoms with Gasteiger partial charge in [-0.2, -0.15) is 0 Å². The van der Waals surface area contributed by atoms with Gasteiger partial charge in [-0.25, -0.2) is 0 Å². The molecule has 1 heterocycles. The molecule has 196 valence electrons. The number of rotatable bonds is 9. The van der Waals surface area contributed by atoms with Crippen LogP contribution in [0.5, 0.6) is 11.5 Å². The number of hydrogen-bond donors (Lipinski definition) is 1. The van der Waals surface area contributed by atoms with E-state index in [1.807, 2.05) is 75.4 Å². The Hall–Kier alpha value is -3.33. The highest BCUT2D eigenvalue weighted by Gasteiger charge is 2.36. The van der Waals surface area contributed by atoms with Gasteiger partial charge in [0.15, 0.2) is 18.1 Å². The Bertz CT molecular complexity index is 1380. The van der Waals surface area contributed by atoms with E-state index in [-0.39, 0.29) is 35.2 Å². The molecule has 38 heavy (non-hydrogen) atoms. The minimum absolute atomic E-state index is 0.168. The first kappa shape index (κ1) is 27.7. The summed E-state index contributed by atoms with van der Waals surface area (Å²) in [7, 11) is 0. The van der Waals surface area contributed by atoms with Crippen molar-refractivity contribution >= 4 is 63.5 Å². The summed E-state index contributed by atoms with van der Waals surface area (Å²) in [6.07, 6.45) is 1.74. The second kappa shape index (κ2) is 12.5. The van der Waals surface area contributed by atoms with Crippen molar-refractivity contribution in [1.29, 1.82) is 0 Å². The number of amides is 2. The third-order valence-corrected chi connectivity index (χ3v) is 7.42. The van der Waals surface area contributed by atoms with E-state index >= 15 is 0 Å². The molecule has 1 atom stereocenters. The third kappa shape index (κ3) is 6.56. The van der Waals surface area contributed by atoms with Crippen molar-refractivity contribution < 1.29 is 19.1 Å². The number of thiocarbonyl (C=S) groups is 1. The number of ether oxygens (including phenoxy) is 2. The van der Waals surface area contributed by atoms with Crippen molar-refractivity contribution in [3.05, 3.63) is 93.3 Å². The fourth-order valence-electron chi connectivity index (χ4n) is 3.89. The van der Waals surface area contributed by atoms with Gasteiger partial charge >= 0.3 is 0 Å². The summed E-state index contributed by atoms with van der Waals surface area (Å²) in [5, 5.41) is 3.05. The maximum Gasteiger partial charge on any atom is 0.266 e. The highest BCUT2D eigenvalue weighted by Crippen LogP contribution is 2.41. The van der Waals surface area contributed by atoms with Gasteiger partial charge in [-0.05, 0) is 62.2 Å². The molecule has 0 saturated carbocycles. The highest BCUT2D eigenvalue weighted by molar-refractivity contribution is 8.26. The van der Waals surface area contributed by atoms with Crippen molar-refractivity contribution in [2.24, 2.45) is 0 Å². The number of aryl methyl sites for hydroxylation is 1. The summed E-state index contributed by atoms with van der Waals surface area (Å²) in [6.45, 7) is 5.88. The monoisotopic (exact) mass is 566 g/mol. The van der Waals surface area contributed by atoms with Gasteiger partial charge in [0.05, 0.1) is 22.6 Å². The van der Waals surface area contributed by atoms with Crippen LogP contribution in [0, 0.1) is 6.92 Å². The number of halogens is 1. The second-order valence-corrected chi connectivity index (χ2v) is 10.7. The van der Waals surface area contributed by atoms with Gasteiger partial charge in [0.1, 0.15) is 4.32 Å². The zero-order chi connectivity index (χ0) is 27.2. The first-order valence-electron chi connectivity index (χ1n) is 12.0. The molecule has 1 aliphatic rings. The summed E-state index contributed by atoms with van der Waals surface area (Å²) in [5.74, 6) is 0.142. The SMILES string of the molecule is CCOc1cc(/C=C2\SC(=S)N([C@@H](C)c3ccccc3)C2=O)cc(Cl)c1OCC(=O)Nc1ccc(C)cc1. The Balaban J connectivity index is 1.50. The van der Waals surface area contributed by atoms with Crippen molar-refractivity contribution in [1.82, 2.24) is 4.90 Å². The lowest BCUT2D eigenvalue weighted by Gasteiger charge is -2.23. The van der Waals surface area contributed by atoms with Crippen LogP contribution in [-0.2, 0) is 9.59 Å². The third-order valence-electron chi connectivity index (χ3n) is 5.81. The van der Waals surface area contributed by atoms with Gasteiger partial charge < -0.3 is 14.8 Å².